The summed E-state index contributed by atoms with van der Waals surface area (Å²) in [7, 11) is 1.52. The topological polar surface area (TPSA) is 62.2 Å². The van der Waals surface area contributed by atoms with E-state index in [2.05, 4.69) is 21.9 Å². The molecular weight excluding hydrogens is 364 g/mol. The minimum absolute atomic E-state index is 0.389. The maximum atomic E-state index is 10.7. The maximum absolute atomic E-state index is 10.7. The van der Waals surface area contributed by atoms with E-state index in [1.165, 1.54) is 12.8 Å². The molecule has 0 unspecified atom stereocenters. The highest BCUT2D eigenvalue weighted by Gasteiger charge is 2.21. The second kappa shape index (κ2) is 8.73. The van der Waals surface area contributed by atoms with E-state index in [1.54, 1.807) is 12.1 Å². The number of carboxylic acids is 1. The minimum atomic E-state index is -1.03. The molecule has 1 fully saturated rings. The second-order valence-corrected chi connectivity index (χ2v) is 6.55. The zero-order chi connectivity index (χ0) is 19.2. The number of carboxylic acid groups (broad SMARTS) is 1. The van der Waals surface area contributed by atoms with Gasteiger partial charge < -0.3 is 24.4 Å². The summed E-state index contributed by atoms with van der Waals surface area (Å²) in [6, 6.07) is 15.7. The summed E-state index contributed by atoms with van der Waals surface area (Å²) in [4.78, 5) is 16.0. The van der Waals surface area contributed by atoms with Crippen LogP contribution in [0.1, 0.15) is 5.56 Å². The van der Waals surface area contributed by atoms with Gasteiger partial charge in [-0.25, -0.2) is 4.79 Å². The Hall–Kier alpha value is -2.80. The molecule has 1 aliphatic heterocycles. The first-order chi connectivity index (χ1) is 13.1. The van der Waals surface area contributed by atoms with Crippen LogP contribution in [0.25, 0.3) is 0 Å². The molecule has 2 aromatic carbocycles. The average molecular weight is 386 g/mol. The Morgan fingerprint density at radius 1 is 1.07 bits per heavy atom. The van der Waals surface area contributed by atoms with Crippen molar-refractivity contribution in [2.75, 3.05) is 44.8 Å². The molecule has 27 heavy (non-hydrogen) atoms. The van der Waals surface area contributed by atoms with Crippen LogP contribution in [0.5, 0.6) is 11.5 Å². The highest BCUT2D eigenvalue weighted by molar-refractivity contribution is 7.80. The van der Waals surface area contributed by atoms with Crippen molar-refractivity contribution in [1.29, 1.82) is 0 Å². The van der Waals surface area contributed by atoms with Crippen LogP contribution in [0.3, 0.4) is 0 Å². The quantitative estimate of drug-likeness (QED) is 0.766. The Morgan fingerprint density at radius 3 is 2.41 bits per heavy atom. The summed E-state index contributed by atoms with van der Waals surface area (Å²) < 4.78 is 10.6. The third-order valence-electron chi connectivity index (χ3n) is 4.45. The van der Waals surface area contributed by atoms with Gasteiger partial charge in [0.1, 0.15) is 4.99 Å². The predicted molar refractivity (Wildman–Crippen MR) is 108 cm³/mol. The van der Waals surface area contributed by atoms with Crippen molar-refractivity contribution in [3.63, 3.8) is 0 Å². The van der Waals surface area contributed by atoms with Crippen LogP contribution in [0, 0.1) is 0 Å². The highest BCUT2D eigenvalue weighted by atomic mass is 32.1. The van der Waals surface area contributed by atoms with E-state index in [4.69, 9.17) is 26.8 Å². The van der Waals surface area contributed by atoms with Crippen molar-refractivity contribution in [1.82, 2.24) is 4.90 Å². The lowest BCUT2D eigenvalue weighted by atomic mass is 10.1. The summed E-state index contributed by atoms with van der Waals surface area (Å²) in [5.41, 5.74) is 2.09. The molecule has 0 radical (unpaired) electrons. The number of thiocarbonyl (C=S) groups is 1. The lowest BCUT2D eigenvalue weighted by molar-refractivity contribution is -0.139. The SMILES string of the molecule is COc1cc(C(=S)N2CCN(c3ccccc3)CC2)ccc1OCC(=O)O. The molecule has 0 amide bonds. The van der Waals surface area contributed by atoms with Gasteiger partial charge in [0.05, 0.1) is 7.11 Å². The first kappa shape index (κ1) is 19.0. The maximum Gasteiger partial charge on any atom is 0.341 e. The molecule has 1 heterocycles. The van der Waals surface area contributed by atoms with Gasteiger partial charge in [0.25, 0.3) is 0 Å². The van der Waals surface area contributed by atoms with E-state index in [9.17, 15) is 4.79 Å². The van der Waals surface area contributed by atoms with E-state index in [1.807, 2.05) is 24.3 Å². The van der Waals surface area contributed by atoms with Crippen molar-refractivity contribution >= 4 is 28.9 Å². The molecule has 142 valence electrons. The Morgan fingerprint density at radius 2 is 1.78 bits per heavy atom. The van der Waals surface area contributed by atoms with Gasteiger partial charge in [-0.15, -0.1) is 0 Å². The Balaban J connectivity index is 1.65. The number of piperazine rings is 1. The summed E-state index contributed by atoms with van der Waals surface area (Å²) in [5, 5.41) is 8.76. The molecular formula is C20H22N2O4S. The third-order valence-corrected chi connectivity index (χ3v) is 4.94. The molecule has 0 bridgehead atoms. The number of anilines is 1. The highest BCUT2D eigenvalue weighted by Crippen LogP contribution is 2.29. The van der Waals surface area contributed by atoms with Crippen molar-refractivity contribution in [2.45, 2.75) is 0 Å². The summed E-state index contributed by atoms with van der Waals surface area (Å²) in [6.07, 6.45) is 0. The van der Waals surface area contributed by atoms with Gasteiger partial charge in [0.15, 0.2) is 18.1 Å². The van der Waals surface area contributed by atoms with E-state index < -0.39 is 12.6 Å². The molecule has 0 aliphatic carbocycles. The molecule has 0 aromatic heterocycles. The zero-order valence-corrected chi connectivity index (χ0v) is 15.9. The average Bonchev–Trinajstić information content (AvgIpc) is 2.72. The molecule has 7 heteroatoms. The fraction of sp³-hybridized carbons (Fsp3) is 0.300. The standard InChI is InChI=1S/C20H22N2O4S/c1-25-18-13-15(7-8-17(18)26-14-19(23)24)20(27)22-11-9-21(10-12-22)16-5-3-2-4-6-16/h2-8,13H,9-12,14H2,1H3,(H,23,24). The third kappa shape index (κ3) is 4.68. The summed E-state index contributed by atoms with van der Waals surface area (Å²) in [6.45, 7) is 3.07. The first-order valence-corrected chi connectivity index (χ1v) is 9.11. The number of nitrogens with zero attached hydrogens (tertiary/aromatic N) is 2. The van der Waals surface area contributed by atoms with Crippen LogP contribution < -0.4 is 14.4 Å². The Bertz CT molecular complexity index is 805. The van der Waals surface area contributed by atoms with E-state index in [-0.39, 0.29) is 0 Å². The zero-order valence-electron chi connectivity index (χ0n) is 15.1. The van der Waals surface area contributed by atoms with Crippen LogP contribution in [0.4, 0.5) is 5.69 Å². The largest absolute Gasteiger partial charge is 0.493 e. The number of para-hydroxylation sites is 1. The normalized spacial score (nSPS) is 14.0. The second-order valence-electron chi connectivity index (χ2n) is 6.16. The number of rotatable bonds is 6. The van der Waals surface area contributed by atoms with Gasteiger partial charge in [-0.1, -0.05) is 30.4 Å². The van der Waals surface area contributed by atoms with Crippen molar-refractivity contribution in [2.24, 2.45) is 0 Å². The van der Waals surface area contributed by atoms with E-state index in [0.717, 1.165) is 36.7 Å². The Kier molecular flexibility index (Phi) is 6.13. The van der Waals surface area contributed by atoms with Crippen molar-refractivity contribution in [3.8, 4) is 11.5 Å². The van der Waals surface area contributed by atoms with Crippen LogP contribution in [-0.2, 0) is 4.79 Å². The smallest absolute Gasteiger partial charge is 0.341 e. The summed E-state index contributed by atoms with van der Waals surface area (Å²) in [5.74, 6) is -0.174. The number of carbonyl (C=O) groups is 1. The monoisotopic (exact) mass is 386 g/mol. The molecule has 6 nitrogen and oxygen atoms in total. The number of hydrogen-bond donors (Lipinski definition) is 1. The fourth-order valence-electron chi connectivity index (χ4n) is 3.05. The van der Waals surface area contributed by atoms with Gasteiger partial charge in [0, 0.05) is 37.4 Å². The van der Waals surface area contributed by atoms with Gasteiger partial charge in [-0.2, -0.15) is 0 Å². The molecule has 1 saturated heterocycles. The molecule has 0 atom stereocenters. The van der Waals surface area contributed by atoms with Crippen LogP contribution >= 0.6 is 12.2 Å². The van der Waals surface area contributed by atoms with Crippen LogP contribution in [0.2, 0.25) is 0 Å². The number of aliphatic carboxylic acids is 1. The molecule has 0 saturated carbocycles. The van der Waals surface area contributed by atoms with Gasteiger partial charge in [-0.3, -0.25) is 0 Å². The lowest BCUT2D eigenvalue weighted by Crippen LogP contribution is -2.48. The van der Waals surface area contributed by atoms with Gasteiger partial charge in [0.2, 0.25) is 0 Å². The minimum Gasteiger partial charge on any atom is -0.493 e. The molecule has 3 rings (SSSR count). The van der Waals surface area contributed by atoms with Gasteiger partial charge >= 0.3 is 5.97 Å². The van der Waals surface area contributed by atoms with Gasteiger partial charge in [-0.05, 0) is 30.3 Å². The van der Waals surface area contributed by atoms with Crippen LogP contribution in [-0.4, -0.2) is 60.9 Å². The fourth-order valence-corrected chi connectivity index (χ4v) is 3.36. The molecule has 1 aliphatic rings. The van der Waals surface area contributed by atoms with E-state index >= 15 is 0 Å². The molecule has 1 N–H and O–H groups in total. The molecule has 2 aromatic rings. The number of benzene rings is 2. The Labute approximate surface area is 163 Å². The number of ether oxygens (including phenoxy) is 2. The molecule has 0 spiro atoms. The van der Waals surface area contributed by atoms with Crippen molar-refractivity contribution in [3.05, 3.63) is 54.1 Å². The van der Waals surface area contributed by atoms with E-state index in [0.29, 0.717) is 11.5 Å². The van der Waals surface area contributed by atoms with Crippen LogP contribution in [0.15, 0.2) is 48.5 Å². The lowest BCUT2D eigenvalue weighted by Gasteiger charge is -2.37. The first-order valence-electron chi connectivity index (χ1n) is 8.70. The predicted octanol–water partition coefficient (Wildman–Crippen LogP) is 2.66. The number of methoxy groups -OCH3 is 1. The summed E-state index contributed by atoms with van der Waals surface area (Å²) >= 11 is 5.67. The van der Waals surface area contributed by atoms with Crippen molar-refractivity contribution < 1.29 is 19.4 Å². The number of hydrogen-bond acceptors (Lipinski definition) is 5.